The van der Waals surface area contributed by atoms with Crippen molar-refractivity contribution >= 4 is 5.82 Å². The van der Waals surface area contributed by atoms with Gasteiger partial charge >= 0.3 is 0 Å². The number of aromatic nitrogens is 2. The number of nitriles is 1. The average Bonchev–Trinajstić information content (AvgIpc) is 2.52. The lowest BCUT2D eigenvalue weighted by Gasteiger charge is -2.23. The maximum Gasteiger partial charge on any atom is 0.142 e. The smallest absolute Gasteiger partial charge is 0.142 e. The van der Waals surface area contributed by atoms with Crippen LogP contribution in [0.5, 0.6) is 0 Å². The number of hydrogen-bond donors (Lipinski definition) is 0. The van der Waals surface area contributed by atoms with Crippen LogP contribution in [0.1, 0.15) is 11.3 Å². The minimum Gasteiger partial charge on any atom is -0.383 e. The summed E-state index contributed by atoms with van der Waals surface area (Å²) in [6.07, 6.45) is 3.57. The molecule has 0 amide bonds. The SMILES string of the molecule is COCCN(Cc1cccnc1)c1cccc(C#N)n1. The van der Waals surface area contributed by atoms with Gasteiger partial charge in [0.25, 0.3) is 0 Å². The first-order chi connectivity index (χ1) is 9.83. The fourth-order valence-electron chi connectivity index (χ4n) is 1.85. The van der Waals surface area contributed by atoms with E-state index in [2.05, 4.69) is 20.9 Å². The van der Waals surface area contributed by atoms with Crippen LogP contribution in [0.3, 0.4) is 0 Å². The highest BCUT2D eigenvalue weighted by Crippen LogP contribution is 2.14. The zero-order valence-corrected chi connectivity index (χ0v) is 11.4. The summed E-state index contributed by atoms with van der Waals surface area (Å²) in [5.74, 6) is 0.768. The zero-order chi connectivity index (χ0) is 14.2. The second-order valence-electron chi connectivity index (χ2n) is 4.27. The Morgan fingerprint density at radius 3 is 2.90 bits per heavy atom. The van der Waals surface area contributed by atoms with Gasteiger partial charge in [-0.2, -0.15) is 5.26 Å². The van der Waals surface area contributed by atoms with Gasteiger partial charge in [-0.05, 0) is 23.8 Å². The van der Waals surface area contributed by atoms with Crippen LogP contribution >= 0.6 is 0 Å². The minimum absolute atomic E-state index is 0.413. The first-order valence-corrected chi connectivity index (χ1v) is 6.33. The van der Waals surface area contributed by atoms with E-state index in [0.717, 1.165) is 11.4 Å². The summed E-state index contributed by atoms with van der Waals surface area (Å²) in [6, 6.07) is 11.4. The Hall–Kier alpha value is -2.45. The highest BCUT2D eigenvalue weighted by atomic mass is 16.5. The van der Waals surface area contributed by atoms with Gasteiger partial charge in [0.15, 0.2) is 0 Å². The van der Waals surface area contributed by atoms with E-state index in [1.165, 1.54) is 0 Å². The molecule has 0 saturated heterocycles. The number of methoxy groups -OCH3 is 1. The summed E-state index contributed by atoms with van der Waals surface area (Å²) in [6.45, 7) is 1.98. The van der Waals surface area contributed by atoms with Crippen LogP contribution in [0, 0.1) is 11.3 Å². The number of hydrogen-bond acceptors (Lipinski definition) is 5. The van der Waals surface area contributed by atoms with Gasteiger partial charge in [0, 0.05) is 32.6 Å². The van der Waals surface area contributed by atoms with Gasteiger partial charge < -0.3 is 9.64 Å². The van der Waals surface area contributed by atoms with Crippen LogP contribution in [-0.2, 0) is 11.3 Å². The van der Waals surface area contributed by atoms with Crippen molar-refractivity contribution in [1.82, 2.24) is 9.97 Å². The van der Waals surface area contributed by atoms with Gasteiger partial charge in [0.1, 0.15) is 17.6 Å². The predicted octanol–water partition coefficient (Wildman–Crippen LogP) is 2.00. The molecule has 0 aliphatic heterocycles. The number of pyridine rings is 2. The molecule has 0 saturated carbocycles. The lowest BCUT2D eigenvalue weighted by atomic mass is 10.2. The molecule has 2 aromatic heterocycles. The molecule has 0 radical (unpaired) electrons. The summed E-state index contributed by atoms with van der Waals surface area (Å²) >= 11 is 0. The molecule has 0 aliphatic carbocycles. The van der Waals surface area contributed by atoms with Crippen molar-refractivity contribution in [2.24, 2.45) is 0 Å². The minimum atomic E-state index is 0.413. The van der Waals surface area contributed by atoms with Crippen LogP contribution < -0.4 is 4.90 Å². The highest BCUT2D eigenvalue weighted by molar-refractivity contribution is 5.42. The quantitative estimate of drug-likeness (QED) is 0.802. The largest absolute Gasteiger partial charge is 0.383 e. The summed E-state index contributed by atoms with van der Waals surface area (Å²) in [5, 5.41) is 8.94. The highest BCUT2D eigenvalue weighted by Gasteiger charge is 2.09. The van der Waals surface area contributed by atoms with Crippen molar-refractivity contribution in [2.45, 2.75) is 6.54 Å². The second kappa shape index (κ2) is 7.22. The molecule has 0 aliphatic rings. The Labute approximate surface area is 118 Å². The molecule has 0 unspecified atom stereocenters. The summed E-state index contributed by atoms with van der Waals surface area (Å²) in [7, 11) is 1.67. The normalized spacial score (nSPS) is 10.0. The molecule has 20 heavy (non-hydrogen) atoms. The standard InChI is InChI=1S/C15H16N4O/c1-20-9-8-19(12-13-4-3-7-17-11-13)15-6-2-5-14(10-16)18-15/h2-7,11H,8-9,12H2,1H3. The molecule has 2 rings (SSSR count). The number of ether oxygens (including phenoxy) is 1. The fourth-order valence-corrected chi connectivity index (χ4v) is 1.85. The molecule has 0 spiro atoms. The molecule has 5 heteroatoms. The fraction of sp³-hybridized carbons (Fsp3) is 0.267. The molecular formula is C15H16N4O. The lowest BCUT2D eigenvalue weighted by molar-refractivity contribution is 0.205. The van der Waals surface area contributed by atoms with E-state index >= 15 is 0 Å². The van der Waals surface area contributed by atoms with Crippen LogP contribution in [0.2, 0.25) is 0 Å². The molecule has 2 heterocycles. The van der Waals surface area contributed by atoms with E-state index in [4.69, 9.17) is 10.00 Å². The summed E-state index contributed by atoms with van der Waals surface area (Å²) in [5.41, 5.74) is 1.50. The third-order valence-corrected chi connectivity index (χ3v) is 2.83. The van der Waals surface area contributed by atoms with E-state index in [1.54, 1.807) is 19.4 Å². The Morgan fingerprint density at radius 2 is 2.20 bits per heavy atom. The summed E-state index contributed by atoms with van der Waals surface area (Å²) in [4.78, 5) is 10.5. The molecule has 0 bridgehead atoms. The van der Waals surface area contributed by atoms with E-state index in [0.29, 0.717) is 25.4 Å². The monoisotopic (exact) mass is 268 g/mol. The molecule has 0 N–H and O–H groups in total. The number of anilines is 1. The maximum atomic E-state index is 8.94. The molecule has 0 aromatic carbocycles. The summed E-state index contributed by atoms with van der Waals surface area (Å²) < 4.78 is 5.14. The van der Waals surface area contributed by atoms with Gasteiger partial charge in [-0.3, -0.25) is 4.98 Å². The van der Waals surface area contributed by atoms with E-state index in [-0.39, 0.29) is 0 Å². The number of rotatable bonds is 6. The topological polar surface area (TPSA) is 62.0 Å². The van der Waals surface area contributed by atoms with Crippen LogP contribution in [0.25, 0.3) is 0 Å². The van der Waals surface area contributed by atoms with Crippen molar-refractivity contribution in [3.63, 3.8) is 0 Å². The van der Waals surface area contributed by atoms with E-state index in [9.17, 15) is 0 Å². The Balaban J connectivity index is 2.20. The average molecular weight is 268 g/mol. The molecule has 0 atom stereocenters. The van der Waals surface area contributed by atoms with Crippen molar-refractivity contribution in [3.8, 4) is 6.07 Å². The van der Waals surface area contributed by atoms with Crippen molar-refractivity contribution < 1.29 is 4.74 Å². The van der Waals surface area contributed by atoms with E-state index < -0.39 is 0 Å². The zero-order valence-electron chi connectivity index (χ0n) is 11.4. The van der Waals surface area contributed by atoms with Gasteiger partial charge in [0.2, 0.25) is 0 Å². The molecule has 102 valence electrons. The second-order valence-corrected chi connectivity index (χ2v) is 4.27. The number of nitrogens with zero attached hydrogens (tertiary/aromatic N) is 4. The van der Waals surface area contributed by atoms with Gasteiger partial charge in [-0.15, -0.1) is 0 Å². The molecular weight excluding hydrogens is 252 g/mol. The first-order valence-electron chi connectivity index (χ1n) is 6.33. The van der Waals surface area contributed by atoms with Crippen molar-refractivity contribution in [3.05, 3.63) is 54.0 Å². The van der Waals surface area contributed by atoms with Crippen molar-refractivity contribution in [1.29, 1.82) is 5.26 Å². The third-order valence-electron chi connectivity index (χ3n) is 2.83. The van der Waals surface area contributed by atoms with Gasteiger partial charge in [0.05, 0.1) is 6.61 Å². The maximum absolute atomic E-state index is 8.94. The Bertz CT molecular complexity index is 580. The van der Waals surface area contributed by atoms with Gasteiger partial charge in [-0.25, -0.2) is 4.98 Å². The van der Waals surface area contributed by atoms with Gasteiger partial charge in [-0.1, -0.05) is 12.1 Å². The van der Waals surface area contributed by atoms with E-state index in [1.807, 2.05) is 30.5 Å². The first kappa shape index (κ1) is 14.0. The third kappa shape index (κ3) is 3.77. The predicted molar refractivity (Wildman–Crippen MR) is 76.1 cm³/mol. The Morgan fingerprint density at radius 1 is 1.30 bits per heavy atom. The molecule has 2 aromatic rings. The van der Waals surface area contributed by atoms with Crippen molar-refractivity contribution in [2.75, 3.05) is 25.2 Å². The van der Waals surface area contributed by atoms with Crippen LogP contribution in [-0.4, -0.2) is 30.2 Å². The molecule has 0 fully saturated rings. The Kier molecular flexibility index (Phi) is 5.04. The van der Waals surface area contributed by atoms with Crippen LogP contribution in [0.15, 0.2) is 42.7 Å². The van der Waals surface area contributed by atoms with Crippen LogP contribution in [0.4, 0.5) is 5.82 Å². The lowest BCUT2D eigenvalue weighted by Crippen LogP contribution is -2.27. The molecule has 5 nitrogen and oxygen atoms in total.